The van der Waals surface area contributed by atoms with E-state index in [1.54, 1.807) is 0 Å². The molecule has 0 spiro atoms. The Morgan fingerprint density at radius 3 is 1.45 bits per heavy atom. The van der Waals surface area contributed by atoms with Gasteiger partial charge in [0, 0.05) is 29.6 Å². The average Bonchev–Trinajstić information content (AvgIpc) is 2.40. The van der Waals surface area contributed by atoms with Crippen molar-refractivity contribution in [1.82, 2.24) is 0 Å². The van der Waals surface area contributed by atoms with Crippen LogP contribution in [-0.2, 0) is 14.5 Å². The zero-order chi connectivity index (χ0) is 14.4. The molecule has 6 heteroatoms. The van der Waals surface area contributed by atoms with E-state index < -0.39 is 10.1 Å². The molecule has 0 amide bonds. The molecule has 1 N–H and O–H groups in total. The fourth-order valence-corrected chi connectivity index (χ4v) is 2.79. The van der Waals surface area contributed by atoms with Gasteiger partial charge in [0.15, 0.2) is 0 Å². The minimum absolute atomic E-state index is 0. The number of unbranched alkanes of at least 4 members (excludes halogenated alkanes) is 11. The van der Waals surface area contributed by atoms with E-state index in [1.165, 1.54) is 57.8 Å². The molecule has 0 rings (SSSR count). The summed E-state index contributed by atoms with van der Waals surface area (Å²) in [6, 6.07) is 0. The molecule has 117 valence electrons. The number of rotatable bonds is 14. The molecule has 0 aromatic heterocycles. The first-order valence-electron chi connectivity index (χ1n) is 7.68. The topological polar surface area (TPSA) is 63.6 Å². The van der Waals surface area contributed by atoms with Crippen LogP contribution in [0.5, 0.6) is 0 Å². The first kappa shape index (κ1) is 23.1. The van der Waals surface area contributed by atoms with Gasteiger partial charge in [-0.05, 0) is 6.42 Å². The Kier molecular flexibility index (Phi) is 18.8. The van der Waals surface area contributed by atoms with Crippen molar-refractivity contribution in [2.45, 2.75) is 84.0 Å². The second kappa shape index (κ2) is 16.2. The first-order valence-corrected chi connectivity index (χ1v) is 9.26. The third kappa shape index (κ3) is 16.9. The van der Waals surface area contributed by atoms with E-state index in [-0.39, 0.29) is 35.3 Å². The van der Waals surface area contributed by atoms with E-state index >= 15 is 0 Å². The molecule has 20 heavy (non-hydrogen) atoms. The second-order valence-corrected chi connectivity index (χ2v) is 6.90. The third-order valence-electron chi connectivity index (χ3n) is 3.36. The molecule has 0 fully saturated rings. The fourth-order valence-electron chi connectivity index (χ4n) is 2.16. The van der Waals surface area contributed by atoms with E-state index in [1.807, 2.05) is 0 Å². The minimum atomic E-state index is -3.68. The van der Waals surface area contributed by atoms with Gasteiger partial charge in [-0.1, -0.05) is 77.6 Å². The molecule has 0 aliphatic rings. The molecule has 0 aliphatic heterocycles. The van der Waals surface area contributed by atoms with E-state index in [4.69, 9.17) is 5.26 Å². The molecule has 0 heterocycles. The molecule has 0 aromatic carbocycles. The molecule has 0 saturated carbocycles. The van der Waals surface area contributed by atoms with Gasteiger partial charge in [-0.15, -0.1) is 4.33 Å². The maximum atomic E-state index is 10.8. The largest absolute Gasteiger partial charge is 0.293 e. The van der Waals surface area contributed by atoms with Crippen LogP contribution in [0.4, 0.5) is 0 Å². The predicted octanol–water partition coefficient (Wildman–Crippen LogP) is 4.13. The Bertz CT molecular complexity index is 281. The number of hydrogen-bond acceptors (Lipinski definition) is 4. The summed E-state index contributed by atoms with van der Waals surface area (Å²) in [5, 5.41) is 8.08. The Morgan fingerprint density at radius 1 is 0.750 bits per heavy atom. The number of hydrogen-bond donors (Lipinski definition) is 1. The molecule has 4 nitrogen and oxygen atoms in total. The molecular weight excluding hydrogens is 287 g/mol. The van der Waals surface area contributed by atoms with Crippen LogP contribution in [0.3, 0.4) is 0 Å². The van der Waals surface area contributed by atoms with Crippen molar-refractivity contribution < 1.29 is 18.0 Å². The third-order valence-corrected chi connectivity index (χ3v) is 4.38. The molecule has 1 radical (unpaired) electrons. The maximum Gasteiger partial charge on any atom is 0.293 e. The summed E-state index contributed by atoms with van der Waals surface area (Å²) in [7, 11) is -3.68. The van der Waals surface area contributed by atoms with Crippen molar-refractivity contribution in [2.24, 2.45) is 0 Å². The molecule has 0 aromatic rings. The zero-order valence-electron chi connectivity index (χ0n) is 13.3. The van der Waals surface area contributed by atoms with Gasteiger partial charge in [0.05, 0.1) is 5.75 Å². The molecule has 0 saturated heterocycles. The van der Waals surface area contributed by atoms with Crippen LogP contribution >= 0.6 is 0 Å². The van der Waals surface area contributed by atoms with Crippen molar-refractivity contribution in [3.8, 4) is 0 Å². The quantitative estimate of drug-likeness (QED) is 0.226. The zero-order valence-corrected chi connectivity index (χ0v) is 16.1. The molecule has 0 atom stereocenters. The van der Waals surface area contributed by atoms with Gasteiger partial charge in [-0.2, -0.15) is 8.42 Å². The van der Waals surface area contributed by atoms with Crippen molar-refractivity contribution >= 4 is 39.7 Å². The summed E-state index contributed by atoms with van der Waals surface area (Å²) >= 11 is 0. The van der Waals surface area contributed by atoms with Crippen LogP contribution in [0.25, 0.3) is 0 Å². The van der Waals surface area contributed by atoms with Gasteiger partial charge in [0.25, 0.3) is 10.1 Å². The van der Waals surface area contributed by atoms with Crippen LogP contribution in [0.1, 0.15) is 84.0 Å². The first-order chi connectivity index (χ1) is 9.12. The standard InChI is InChI=1S/C14H30O4S.Na/c1-2-3-4-5-6-7-8-9-10-11-12-13-14-19(16,17)18-15;/h15H,2-14H2,1H3;. The normalized spacial score (nSPS) is 11.3. The predicted molar refractivity (Wildman–Crippen MR) is 84.3 cm³/mol. The monoisotopic (exact) mass is 317 g/mol. The average molecular weight is 317 g/mol. The maximum absolute atomic E-state index is 10.8. The second-order valence-electron chi connectivity index (χ2n) is 5.23. The summed E-state index contributed by atoms with van der Waals surface area (Å²) in [6.45, 7) is 2.23. The molecule has 0 unspecified atom stereocenters. The SMILES string of the molecule is CCCCCCCCCCCCCCS(=O)(=O)OO.[Na]. The van der Waals surface area contributed by atoms with Crippen LogP contribution in [0, 0.1) is 0 Å². The summed E-state index contributed by atoms with van der Waals surface area (Å²) in [6.07, 6.45) is 14.3. The van der Waals surface area contributed by atoms with Crippen LogP contribution in [-0.4, -0.2) is 49.0 Å². The van der Waals surface area contributed by atoms with Crippen molar-refractivity contribution in [2.75, 3.05) is 5.75 Å². The van der Waals surface area contributed by atoms with Crippen molar-refractivity contribution in [3.05, 3.63) is 0 Å². The summed E-state index contributed by atoms with van der Waals surface area (Å²) in [5.41, 5.74) is 0. The van der Waals surface area contributed by atoms with Gasteiger partial charge >= 0.3 is 0 Å². The summed E-state index contributed by atoms with van der Waals surface area (Å²) in [5.74, 6) is -0.0824. The van der Waals surface area contributed by atoms with Gasteiger partial charge in [-0.3, -0.25) is 0 Å². The minimum Gasteiger partial charge on any atom is -0.235 e. The van der Waals surface area contributed by atoms with Gasteiger partial charge in [0.1, 0.15) is 0 Å². The van der Waals surface area contributed by atoms with Crippen LogP contribution < -0.4 is 0 Å². The Labute approximate surface area is 147 Å². The van der Waals surface area contributed by atoms with Gasteiger partial charge in [-0.25, -0.2) is 5.26 Å². The van der Waals surface area contributed by atoms with E-state index in [9.17, 15) is 8.42 Å². The van der Waals surface area contributed by atoms with Gasteiger partial charge < -0.3 is 0 Å². The smallest absolute Gasteiger partial charge is 0.235 e. The van der Waals surface area contributed by atoms with Gasteiger partial charge in [0.2, 0.25) is 0 Å². The fraction of sp³-hybridized carbons (Fsp3) is 1.00. The molecule has 0 bridgehead atoms. The van der Waals surface area contributed by atoms with E-state index in [2.05, 4.69) is 11.3 Å². The Balaban J connectivity index is 0. The Morgan fingerprint density at radius 2 is 1.10 bits per heavy atom. The Hall–Kier alpha value is 0.870. The molecular formula is C14H30NaO4S. The van der Waals surface area contributed by atoms with E-state index in [0.717, 1.165) is 12.8 Å². The summed E-state index contributed by atoms with van der Waals surface area (Å²) < 4.78 is 25.0. The van der Waals surface area contributed by atoms with Crippen molar-refractivity contribution in [1.29, 1.82) is 0 Å². The summed E-state index contributed by atoms with van der Waals surface area (Å²) in [4.78, 5) is 0. The van der Waals surface area contributed by atoms with Crippen LogP contribution in [0.2, 0.25) is 0 Å². The van der Waals surface area contributed by atoms with E-state index in [0.29, 0.717) is 6.42 Å². The van der Waals surface area contributed by atoms with Crippen molar-refractivity contribution in [3.63, 3.8) is 0 Å². The van der Waals surface area contributed by atoms with Crippen LogP contribution in [0.15, 0.2) is 0 Å². The molecule has 0 aliphatic carbocycles.